The van der Waals surface area contributed by atoms with E-state index in [1.165, 1.54) is 18.4 Å². The van der Waals surface area contributed by atoms with Crippen molar-refractivity contribution >= 4 is 0 Å². The van der Waals surface area contributed by atoms with Gasteiger partial charge in [0.25, 0.3) is 0 Å². The number of aromatic nitrogens is 2. The van der Waals surface area contributed by atoms with Crippen LogP contribution in [0.2, 0.25) is 0 Å². The van der Waals surface area contributed by atoms with Crippen LogP contribution in [0.25, 0.3) is 0 Å². The first kappa shape index (κ1) is 13.6. The van der Waals surface area contributed by atoms with Gasteiger partial charge in [0.2, 0.25) is 0 Å². The lowest BCUT2D eigenvalue weighted by Crippen LogP contribution is -2.45. The van der Waals surface area contributed by atoms with Crippen LogP contribution in [0.1, 0.15) is 44.7 Å². The molecule has 1 aliphatic heterocycles. The zero-order valence-corrected chi connectivity index (χ0v) is 11.8. The number of hydrogen-bond acceptors (Lipinski definition) is 3. The quantitative estimate of drug-likeness (QED) is 0.888. The second-order valence-electron chi connectivity index (χ2n) is 5.71. The van der Waals surface area contributed by atoms with E-state index in [1.807, 2.05) is 17.9 Å². The minimum atomic E-state index is 0.194. The Hall–Kier alpha value is -0.870. The fourth-order valence-electron chi connectivity index (χ4n) is 3.02. The van der Waals surface area contributed by atoms with Gasteiger partial charge in [-0.2, -0.15) is 5.10 Å². The Bertz CT molecular complexity index is 374. The molecule has 0 spiro atoms. The van der Waals surface area contributed by atoms with E-state index in [9.17, 15) is 0 Å². The van der Waals surface area contributed by atoms with E-state index in [1.54, 1.807) is 0 Å². The Morgan fingerprint density at radius 3 is 2.89 bits per heavy atom. The summed E-state index contributed by atoms with van der Waals surface area (Å²) < 4.78 is 1.87. The Labute approximate surface area is 110 Å². The van der Waals surface area contributed by atoms with Gasteiger partial charge in [-0.3, -0.25) is 9.58 Å². The Morgan fingerprint density at radius 1 is 1.56 bits per heavy atom. The topological polar surface area (TPSA) is 47.1 Å². The molecule has 102 valence electrons. The number of aryl methyl sites for hydroxylation is 1. The average molecular weight is 250 g/mol. The van der Waals surface area contributed by atoms with Gasteiger partial charge in [0, 0.05) is 31.4 Å². The molecule has 1 fully saturated rings. The molecule has 0 aliphatic carbocycles. The van der Waals surface area contributed by atoms with Crippen LogP contribution in [0.15, 0.2) is 12.4 Å². The highest BCUT2D eigenvalue weighted by Crippen LogP contribution is 2.29. The van der Waals surface area contributed by atoms with Crippen LogP contribution < -0.4 is 5.73 Å². The molecule has 4 heteroatoms. The van der Waals surface area contributed by atoms with Gasteiger partial charge in [-0.15, -0.1) is 0 Å². The molecule has 1 aromatic heterocycles. The van der Waals surface area contributed by atoms with Crippen molar-refractivity contribution in [2.24, 2.45) is 18.7 Å². The maximum atomic E-state index is 6.36. The molecule has 0 bridgehead atoms. The number of rotatable bonds is 4. The molecule has 1 aliphatic rings. The van der Waals surface area contributed by atoms with Crippen molar-refractivity contribution in [3.8, 4) is 0 Å². The number of hydrogen-bond donors (Lipinski definition) is 1. The molecule has 2 rings (SSSR count). The van der Waals surface area contributed by atoms with Gasteiger partial charge in [-0.25, -0.2) is 0 Å². The summed E-state index contributed by atoms with van der Waals surface area (Å²) in [6.07, 6.45) is 7.72. The summed E-state index contributed by atoms with van der Waals surface area (Å²) in [5, 5.41) is 4.30. The van der Waals surface area contributed by atoms with E-state index in [0.29, 0.717) is 6.04 Å². The zero-order chi connectivity index (χ0) is 13.1. The molecule has 3 unspecified atom stereocenters. The molecule has 0 amide bonds. The Balaban J connectivity index is 2.19. The molecule has 3 atom stereocenters. The van der Waals surface area contributed by atoms with Gasteiger partial charge in [-0.05, 0) is 31.7 Å². The van der Waals surface area contributed by atoms with Gasteiger partial charge >= 0.3 is 0 Å². The fraction of sp³-hybridized carbons (Fsp3) is 0.786. The van der Waals surface area contributed by atoms with Crippen LogP contribution in [0.5, 0.6) is 0 Å². The van der Waals surface area contributed by atoms with Crippen molar-refractivity contribution in [2.75, 3.05) is 13.1 Å². The first-order chi connectivity index (χ1) is 8.61. The fourth-order valence-corrected chi connectivity index (χ4v) is 3.02. The van der Waals surface area contributed by atoms with Crippen molar-refractivity contribution in [2.45, 2.75) is 45.2 Å². The van der Waals surface area contributed by atoms with Gasteiger partial charge in [0.05, 0.1) is 12.2 Å². The highest BCUT2D eigenvalue weighted by molar-refractivity contribution is 5.13. The lowest BCUT2D eigenvalue weighted by Gasteiger charge is -2.39. The number of nitrogens with two attached hydrogens (primary N) is 1. The van der Waals surface area contributed by atoms with Crippen molar-refractivity contribution in [1.82, 2.24) is 14.7 Å². The first-order valence-electron chi connectivity index (χ1n) is 7.10. The van der Waals surface area contributed by atoms with Gasteiger partial charge < -0.3 is 5.73 Å². The highest BCUT2D eigenvalue weighted by atomic mass is 15.3. The summed E-state index contributed by atoms with van der Waals surface area (Å²) in [7, 11) is 1.97. The van der Waals surface area contributed by atoms with Gasteiger partial charge in [0.15, 0.2) is 0 Å². The number of likely N-dealkylation sites (tertiary alicyclic amines) is 1. The van der Waals surface area contributed by atoms with Crippen LogP contribution in [-0.4, -0.2) is 33.8 Å². The third-order valence-corrected chi connectivity index (χ3v) is 4.03. The van der Waals surface area contributed by atoms with Crippen molar-refractivity contribution in [3.05, 3.63) is 18.0 Å². The summed E-state index contributed by atoms with van der Waals surface area (Å²) in [6.45, 7) is 6.83. The molecule has 0 radical (unpaired) electrons. The molecule has 2 heterocycles. The number of nitrogens with zero attached hydrogens (tertiary/aromatic N) is 3. The van der Waals surface area contributed by atoms with E-state index >= 15 is 0 Å². The third-order valence-electron chi connectivity index (χ3n) is 4.03. The molecule has 1 saturated heterocycles. The predicted molar refractivity (Wildman–Crippen MR) is 74.2 cm³/mol. The standard InChI is InChI=1S/C14H26N4/c1-4-13(15)14(12-8-16-17(3)10-12)18-7-5-6-11(2)9-18/h8,10-11,13-14H,4-7,9,15H2,1-3H3. The maximum Gasteiger partial charge on any atom is 0.0538 e. The predicted octanol–water partition coefficient (Wildman–Crippen LogP) is 1.93. The van der Waals surface area contributed by atoms with E-state index < -0.39 is 0 Å². The maximum absolute atomic E-state index is 6.36. The van der Waals surface area contributed by atoms with Crippen LogP contribution in [0, 0.1) is 5.92 Å². The van der Waals surface area contributed by atoms with Gasteiger partial charge in [-0.1, -0.05) is 13.8 Å². The summed E-state index contributed by atoms with van der Waals surface area (Å²) in [5.74, 6) is 0.780. The van der Waals surface area contributed by atoms with Crippen LogP contribution in [0.3, 0.4) is 0 Å². The summed E-state index contributed by atoms with van der Waals surface area (Å²) in [6, 6.07) is 0.519. The molecule has 1 aromatic rings. The Kier molecular flexibility index (Phi) is 4.40. The van der Waals surface area contributed by atoms with E-state index in [0.717, 1.165) is 25.4 Å². The van der Waals surface area contributed by atoms with Crippen molar-refractivity contribution < 1.29 is 0 Å². The smallest absolute Gasteiger partial charge is 0.0538 e. The molecular formula is C14H26N4. The lowest BCUT2D eigenvalue weighted by atomic mass is 9.93. The van der Waals surface area contributed by atoms with Gasteiger partial charge in [0.1, 0.15) is 0 Å². The largest absolute Gasteiger partial charge is 0.326 e. The molecule has 0 saturated carbocycles. The Morgan fingerprint density at radius 2 is 2.33 bits per heavy atom. The SMILES string of the molecule is CCC(N)C(c1cnn(C)c1)N1CCCC(C)C1. The van der Waals surface area contributed by atoms with E-state index in [2.05, 4.69) is 30.0 Å². The number of piperidine rings is 1. The molecule has 2 N–H and O–H groups in total. The van der Waals surface area contributed by atoms with Crippen molar-refractivity contribution in [3.63, 3.8) is 0 Å². The zero-order valence-electron chi connectivity index (χ0n) is 11.8. The lowest BCUT2D eigenvalue weighted by molar-refractivity contribution is 0.111. The minimum absolute atomic E-state index is 0.194. The molecular weight excluding hydrogens is 224 g/mol. The van der Waals surface area contributed by atoms with Crippen LogP contribution >= 0.6 is 0 Å². The van der Waals surface area contributed by atoms with E-state index in [4.69, 9.17) is 5.73 Å². The average Bonchev–Trinajstić information content (AvgIpc) is 2.76. The normalized spacial score (nSPS) is 25.0. The second kappa shape index (κ2) is 5.85. The summed E-state index contributed by atoms with van der Waals surface area (Å²) in [5.41, 5.74) is 7.62. The molecule has 18 heavy (non-hydrogen) atoms. The van der Waals surface area contributed by atoms with E-state index in [-0.39, 0.29) is 6.04 Å². The van der Waals surface area contributed by atoms with Crippen LogP contribution in [0.4, 0.5) is 0 Å². The molecule has 0 aromatic carbocycles. The second-order valence-corrected chi connectivity index (χ2v) is 5.71. The first-order valence-corrected chi connectivity index (χ1v) is 7.10. The third kappa shape index (κ3) is 2.93. The monoisotopic (exact) mass is 250 g/mol. The minimum Gasteiger partial charge on any atom is -0.326 e. The summed E-state index contributed by atoms with van der Waals surface area (Å²) >= 11 is 0. The van der Waals surface area contributed by atoms with Crippen LogP contribution in [-0.2, 0) is 7.05 Å². The highest BCUT2D eigenvalue weighted by Gasteiger charge is 2.29. The summed E-state index contributed by atoms with van der Waals surface area (Å²) in [4.78, 5) is 2.55. The molecule has 4 nitrogen and oxygen atoms in total. The van der Waals surface area contributed by atoms with Crippen molar-refractivity contribution in [1.29, 1.82) is 0 Å².